The first-order valence-corrected chi connectivity index (χ1v) is 9.34. The fraction of sp³-hybridized carbons (Fsp3) is 0.150. The second kappa shape index (κ2) is 8.09. The molecule has 138 valence electrons. The first kappa shape index (κ1) is 18.7. The third-order valence-electron chi connectivity index (χ3n) is 3.99. The van der Waals surface area contributed by atoms with Gasteiger partial charge < -0.3 is 15.2 Å². The average Bonchev–Trinajstić information content (AvgIpc) is 3.05. The number of aromatic carboxylic acids is 2. The molecule has 3 N–H and O–H groups in total. The van der Waals surface area contributed by atoms with Gasteiger partial charge in [-0.3, -0.25) is 0 Å². The van der Waals surface area contributed by atoms with Gasteiger partial charge in [0.15, 0.2) is 5.69 Å². The normalized spacial score (nSPS) is 10.7. The van der Waals surface area contributed by atoms with E-state index in [-0.39, 0.29) is 11.3 Å². The number of rotatable bonds is 7. The molecule has 0 saturated heterocycles. The Morgan fingerprint density at radius 3 is 2.44 bits per heavy atom. The maximum absolute atomic E-state index is 11.7. The average molecular weight is 382 g/mol. The van der Waals surface area contributed by atoms with Crippen LogP contribution in [0.5, 0.6) is 0 Å². The monoisotopic (exact) mass is 382 g/mol. The summed E-state index contributed by atoms with van der Waals surface area (Å²) in [6.07, 6.45) is 0.319. The van der Waals surface area contributed by atoms with Crippen LogP contribution in [-0.2, 0) is 6.42 Å². The van der Waals surface area contributed by atoms with Gasteiger partial charge in [0.2, 0.25) is 0 Å². The summed E-state index contributed by atoms with van der Waals surface area (Å²) in [6.45, 7) is 1.92. The molecule has 0 atom stereocenters. The van der Waals surface area contributed by atoms with Gasteiger partial charge in [0, 0.05) is 6.42 Å². The van der Waals surface area contributed by atoms with Gasteiger partial charge in [-0.05, 0) is 28.5 Å². The summed E-state index contributed by atoms with van der Waals surface area (Å²) in [5, 5.41) is 19.3. The standard InChI is InChI=1S/C20H18N2O4S/c1-2-27-18-17(20(25)26)21-16(22-18)11-12-8-9-14(15(10-12)19(23)24)13-6-4-3-5-7-13/h3-10H,2,11H2,1H3,(H,21,22)(H,23,24)(H,25,26). The van der Waals surface area contributed by atoms with Crippen LogP contribution in [0.15, 0.2) is 53.6 Å². The molecule has 0 aliphatic rings. The van der Waals surface area contributed by atoms with Gasteiger partial charge in [0.05, 0.1) is 5.56 Å². The van der Waals surface area contributed by atoms with Crippen LogP contribution in [0.2, 0.25) is 0 Å². The van der Waals surface area contributed by atoms with Crippen LogP contribution in [0.1, 0.15) is 39.2 Å². The van der Waals surface area contributed by atoms with Crippen LogP contribution in [-0.4, -0.2) is 37.9 Å². The molecule has 6 nitrogen and oxygen atoms in total. The molecular weight excluding hydrogens is 364 g/mol. The van der Waals surface area contributed by atoms with E-state index < -0.39 is 11.9 Å². The predicted molar refractivity (Wildman–Crippen MR) is 104 cm³/mol. The van der Waals surface area contributed by atoms with Gasteiger partial charge in [-0.15, -0.1) is 11.8 Å². The Bertz CT molecular complexity index is 983. The first-order chi connectivity index (χ1) is 13.0. The van der Waals surface area contributed by atoms with E-state index in [0.717, 1.165) is 11.1 Å². The van der Waals surface area contributed by atoms with Crippen LogP contribution >= 0.6 is 11.8 Å². The highest BCUT2D eigenvalue weighted by atomic mass is 32.2. The Labute approximate surface area is 160 Å². The molecule has 0 spiro atoms. The number of carboxylic acids is 2. The lowest BCUT2D eigenvalue weighted by Gasteiger charge is -2.09. The van der Waals surface area contributed by atoms with Crippen LogP contribution in [0, 0.1) is 0 Å². The minimum Gasteiger partial charge on any atom is -0.478 e. The second-order valence-electron chi connectivity index (χ2n) is 5.83. The lowest BCUT2D eigenvalue weighted by Crippen LogP contribution is -2.02. The van der Waals surface area contributed by atoms with Gasteiger partial charge in [-0.2, -0.15) is 0 Å². The minimum absolute atomic E-state index is 0.0659. The lowest BCUT2D eigenvalue weighted by atomic mass is 9.96. The molecule has 0 fully saturated rings. The number of nitrogens with zero attached hydrogens (tertiary/aromatic N) is 1. The number of benzene rings is 2. The van der Waals surface area contributed by atoms with Crippen molar-refractivity contribution in [2.45, 2.75) is 18.4 Å². The van der Waals surface area contributed by atoms with Crippen molar-refractivity contribution in [2.24, 2.45) is 0 Å². The van der Waals surface area contributed by atoms with E-state index in [1.807, 2.05) is 43.3 Å². The molecule has 3 rings (SSSR count). The fourth-order valence-corrected chi connectivity index (χ4v) is 3.55. The number of aromatic nitrogens is 2. The zero-order valence-electron chi connectivity index (χ0n) is 14.6. The zero-order chi connectivity index (χ0) is 19.4. The van der Waals surface area contributed by atoms with E-state index in [1.54, 1.807) is 12.1 Å². The molecule has 1 heterocycles. The summed E-state index contributed by atoms with van der Waals surface area (Å²) in [5.74, 6) is -0.870. The SMILES string of the molecule is CCSc1nc(Cc2ccc(-c3ccccc3)c(C(=O)O)c2)[nH]c1C(=O)O. The van der Waals surface area contributed by atoms with Crippen molar-refractivity contribution in [2.75, 3.05) is 5.75 Å². The quantitative estimate of drug-likeness (QED) is 0.530. The van der Waals surface area contributed by atoms with E-state index in [9.17, 15) is 19.8 Å². The zero-order valence-corrected chi connectivity index (χ0v) is 15.4. The van der Waals surface area contributed by atoms with Crippen molar-refractivity contribution >= 4 is 23.7 Å². The molecule has 3 aromatic rings. The topological polar surface area (TPSA) is 103 Å². The maximum atomic E-state index is 11.7. The van der Waals surface area contributed by atoms with Gasteiger partial charge in [-0.25, -0.2) is 14.6 Å². The smallest absolute Gasteiger partial charge is 0.355 e. The molecule has 2 aromatic carbocycles. The van der Waals surface area contributed by atoms with Gasteiger partial charge in [-0.1, -0.05) is 49.4 Å². The van der Waals surface area contributed by atoms with Crippen LogP contribution in [0.25, 0.3) is 11.1 Å². The summed E-state index contributed by atoms with van der Waals surface area (Å²) < 4.78 is 0. The van der Waals surface area contributed by atoms with Crippen molar-refractivity contribution in [3.63, 3.8) is 0 Å². The van der Waals surface area contributed by atoms with Crippen molar-refractivity contribution < 1.29 is 19.8 Å². The Morgan fingerprint density at radius 1 is 1.07 bits per heavy atom. The molecule has 0 amide bonds. The highest BCUT2D eigenvalue weighted by Crippen LogP contribution is 2.26. The predicted octanol–water partition coefficient (Wildman–Crippen LogP) is 4.18. The molecule has 0 aliphatic carbocycles. The Kier molecular flexibility index (Phi) is 5.61. The molecule has 0 radical (unpaired) electrons. The number of thioether (sulfide) groups is 1. The van der Waals surface area contributed by atoms with E-state index in [1.165, 1.54) is 11.8 Å². The molecule has 0 unspecified atom stereocenters. The van der Waals surface area contributed by atoms with Crippen molar-refractivity contribution in [3.8, 4) is 11.1 Å². The number of imidazole rings is 1. The van der Waals surface area contributed by atoms with E-state index in [0.29, 0.717) is 28.6 Å². The minimum atomic E-state index is -1.06. The summed E-state index contributed by atoms with van der Waals surface area (Å²) in [5.41, 5.74) is 2.47. The van der Waals surface area contributed by atoms with Gasteiger partial charge in [0.1, 0.15) is 10.9 Å². The van der Waals surface area contributed by atoms with E-state index in [2.05, 4.69) is 9.97 Å². The first-order valence-electron chi connectivity index (χ1n) is 8.36. The number of hydrogen-bond donors (Lipinski definition) is 3. The van der Waals surface area contributed by atoms with Gasteiger partial charge >= 0.3 is 11.9 Å². The largest absolute Gasteiger partial charge is 0.478 e. The Morgan fingerprint density at radius 2 is 1.81 bits per heavy atom. The van der Waals surface area contributed by atoms with Crippen molar-refractivity contribution in [1.29, 1.82) is 0 Å². The molecule has 0 saturated carbocycles. The third-order valence-corrected chi connectivity index (χ3v) is 4.84. The molecule has 0 bridgehead atoms. The fourth-order valence-electron chi connectivity index (χ4n) is 2.82. The maximum Gasteiger partial charge on any atom is 0.355 e. The molecule has 7 heteroatoms. The number of carboxylic acid groups (broad SMARTS) is 2. The Hall–Kier alpha value is -3.06. The lowest BCUT2D eigenvalue weighted by molar-refractivity contribution is 0.0680. The van der Waals surface area contributed by atoms with Crippen LogP contribution < -0.4 is 0 Å². The highest BCUT2D eigenvalue weighted by Gasteiger charge is 2.18. The van der Waals surface area contributed by atoms with E-state index in [4.69, 9.17) is 0 Å². The number of carbonyl (C=O) groups is 2. The molecular formula is C20H18N2O4S. The van der Waals surface area contributed by atoms with Crippen LogP contribution in [0.3, 0.4) is 0 Å². The summed E-state index contributed by atoms with van der Waals surface area (Å²) in [4.78, 5) is 30.3. The molecule has 1 aromatic heterocycles. The summed E-state index contributed by atoms with van der Waals surface area (Å²) in [7, 11) is 0. The Balaban J connectivity index is 1.94. The number of hydrogen-bond acceptors (Lipinski definition) is 4. The number of aromatic amines is 1. The summed E-state index contributed by atoms with van der Waals surface area (Å²) >= 11 is 1.35. The van der Waals surface area contributed by atoms with Crippen molar-refractivity contribution in [3.05, 3.63) is 71.2 Å². The van der Waals surface area contributed by atoms with Gasteiger partial charge in [0.25, 0.3) is 0 Å². The van der Waals surface area contributed by atoms with Crippen molar-refractivity contribution in [1.82, 2.24) is 9.97 Å². The highest BCUT2D eigenvalue weighted by molar-refractivity contribution is 7.99. The second-order valence-corrected chi connectivity index (χ2v) is 7.08. The number of H-pyrrole nitrogens is 1. The molecule has 0 aliphatic heterocycles. The number of nitrogens with one attached hydrogen (secondary N) is 1. The summed E-state index contributed by atoms with van der Waals surface area (Å²) in [6, 6.07) is 14.5. The van der Waals surface area contributed by atoms with E-state index >= 15 is 0 Å². The third kappa shape index (κ3) is 4.20. The van der Waals surface area contributed by atoms with Crippen LogP contribution in [0.4, 0.5) is 0 Å². The molecule has 27 heavy (non-hydrogen) atoms.